The van der Waals surface area contributed by atoms with Gasteiger partial charge in [0.1, 0.15) is 0 Å². The highest BCUT2D eigenvalue weighted by molar-refractivity contribution is 7.19. The molecule has 4 rings (SSSR count). The molecular formula is C16H12F3N5OS. The molecule has 0 bridgehead atoms. The Bertz CT molecular complexity index is 1040. The lowest BCUT2D eigenvalue weighted by molar-refractivity contribution is -0.137. The normalized spacial score (nSPS) is 12.8. The number of alkyl halides is 3. The average molecular weight is 379 g/mol. The molecule has 134 valence electrons. The number of nitrogens with one attached hydrogen (secondary N) is 1. The van der Waals surface area contributed by atoms with Gasteiger partial charge in [-0.3, -0.25) is 4.79 Å². The summed E-state index contributed by atoms with van der Waals surface area (Å²) >= 11 is 1.22. The van der Waals surface area contributed by atoms with Crippen LogP contribution in [0.4, 0.5) is 18.3 Å². The number of halogens is 3. The number of aromatic nitrogens is 3. The van der Waals surface area contributed by atoms with E-state index >= 15 is 0 Å². The van der Waals surface area contributed by atoms with Crippen LogP contribution in [-0.2, 0) is 12.6 Å². The highest BCUT2D eigenvalue weighted by Crippen LogP contribution is 2.44. The van der Waals surface area contributed by atoms with Gasteiger partial charge in [-0.05, 0) is 18.2 Å². The van der Waals surface area contributed by atoms with Crippen LogP contribution < -0.4 is 11.1 Å². The van der Waals surface area contributed by atoms with Gasteiger partial charge in [0.2, 0.25) is 0 Å². The summed E-state index contributed by atoms with van der Waals surface area (Å²) < 4.78 is 42.2. The number of thiazole rings is 1. The minimum absolute atomic E-state index is 0.0740. The first-order valence-corrected chi connectivity index (χ1v) is 8.37. The molecule has 3 aromatic rings. The van der Waals surface area contributed by atoms with Gasteiger partial charge in [0.15, 0.2) is 5.13 Å². The highest BCUT2D eigenvalue weighted by atomic mass is 32.1. The molecule has 0 fully saturated rings. The molecule has 3 N–H and O–H groups in total. The average Bonchev–Trinajstić information content (AvgIpc) is 3.23. The third-order valence-corrected chi connectivity index (χ3v) is 5.08. The molecule has 0 radical (unpaired) electrons. The van der Waals surface area contributed by atoms with Crippen LogP contribution in [0.2, 0.25) is 0 Å². The van der Waals surface area contributed by atoms with Crippen molar-refractivity contribution in [2.75, 3.05) is 12.8 Å². The van der Waals surface area contributed by atoms with E-state index in [1.807, 2.05) is 0 Å². The summed E-state index contributed by atoms with van der Waals surface area (Å²) in [5.41, 5.74) is 6.66. The molecule has 0 spiro atoms. The standard InChI is InChI=1S/C16H12F3N5OS/c1-21-14(25)7-2-3-11(9(4-7)16(17,18)19)24-12-8(6-22-24)5-10-13(12)26-15(20)23-10/h2-4,6H,5H2,1H3,(H2,20,23)(H,21,25). The summed E-state index contributed by atoms with van der Waals surface area (Å²) in [6.07, 6.45) is -2.63. The van der Waals surface area contributed by atoms with Crippen molar-refractivity contribution in [2.24, 2.45) is 0 Å². The van der Waals surface area contributed by atoms with E-state index in [0.717, 1.165) is 22.2 Å². The second-order valence-electron chi connectivity index (χ2n) is 5.74. The van der Waals surface area contributed by atoms with E-state index in [9.17, 15) is 18.0 Å². The van der Waals surface area contributed by atoms with Crippen LogP contribution in [0.15, 0.2) is 24.4 Å². The van der Waals surface area contributed by atoms with Gasteiger partial charge >= 0.3 is 6.18 Å². The third-order valence-electron chi connectivity index (χ3n) is 4.15. The number of rotatable bonds is 2. The van der Waals surface area contributed by atoms with Crippen molar-refractivity contribution in [2.45, 2.75) is 12.6 Å². The first-order chi connectivity index (χ1) is 12.3. The summed E-state index contributed by atoms with van der Waals surface area (Å²) in [7, 11) is 1.36. The zero-order valence-corrected chi connectivity index (χ0v) is 14.2. The summed E-state index contributed by atoms with van der Waals surface area (Å²) in [5, 5.41) is 6.82. The second-order valence-corrected chi connectivity index (χ2v) is 6.77. The predicted octanol–water partition coefficient (Wildman–Crippen LogP) is 2.86. The molecule has 0 atom stereocenters. The zero-order valence-electron chi connectivity index (χ0n) is 13.4. The summed E-state index contributed by atoms with van der Waals surface area (Å²) in [6, 6.07) is 3.43. The van der Waals surface area contributed by atoms with E-state index < -0.39 is 17.6 Å². The minimum atomic E-state index is -4.65. The quantitative estimate of drug-likeness (QED) is 0.561. The lowest BCUT2D eigenvalue weighted by Gasteiger charge is -2.15. The van der Waals surface area contributed by atoms with Crippen molar-refractivity contribution in [1.82, 2.24) is 20.1 Å². The molecule has 0 saturated heterocycles. The third kappa shape index (κ3) is 2.45. The van der Waals surface area contributed by atoms with E-state index in [2.05, 4.69) is 15.4 Å². The number of amides is 1. The number of nitrogens with zero attached hydrogens (tertiary/aromatic N) is 3. The van der Waals surface area contributed by atoms with Crippen LogP contribution in [0.3, 0.4) is 0 Å². The Kier molecular flexibility index (Phi) is 3.55. The van der Waals surface area contributed by atoms with Gasteiger partial charge in [-0.2, -0.15) is 18.3 Å². The Morgan fingerprint density at radius 3 is 2.85 bits per heavy atom. The Hall–Kier alpha value is -2.88. The SMILES string of the molecule is CNC(=O)c1ccc(-n2ncc3c2-c2sc(N)nc2C3)c(C(F)(F)F)c1. The van der Waals surface area contributed by atoms with Crippen molar-refractivity contribution in [3.8, 4) is 16.3 Å². The van der Waals surface area contributed by atoms with Gasteiger partial charge in [-0.25, -0.2) is 9.67 Å². The molecule has 2 heterocycles. The lowest BCUT2D eigenvalue weighted by atomic mass is 10.1. The zero-order chi connectivity index (χ0) is 18.6. The van der Waals surface area contributed by atoms with Crippen molar-refractivity contribution in [1.29, 1.82) is 0 Å². The number of hydrogen-bond donors (Lipinski definition) is 2. The minimum Gasteiger partial charge on any atom is -0.375 e. The van der Waals surface area contributed by atoms with Crippen LogP contribution in [0, 0.1) is 0 Å². The van der Waals surface area contributed by atoms with Gasteiger partial charge in [0.25, 0.3) is 5.91 Å². The van der Waals surface area contributed by atoms with E-state index in [1.165, 1.54) is 41.4 Å². The van der Waals surface area contributed by atoms with Crippen LogP contribution in [0.25, 0.3) is 16.3 Å². The van der Waals surface area contributed by atoms with Gasteiger partial charge in [-0.15, -0.1) is 0 Å². The smallest absolute Gasteiger partial charge is 0.375 e. The Labute approximate surface area is 149 Å². The molecule has 1 aliphatic carbocycles. The first-order valence-electron chi connectivity index (χ1n) is 7.55. The highest BCUT2D eigenvalue weighted by Gasteiger charge is 2.37. The molecule has 0 unspecified atom stereocenters. The predicted molar refractivity (Wildman–Crippen MR) is 90.3 cm³/mol. The maximum absolute atomic E-state index is 13.6. The fourth-order valence-electron chi connectivity index (χ4n) is 3.03. The number of carbonyl (C=O) groups is 1. The number of hydrogen-bond acceptors (Lipinski definition) is 5. The van der Waals surface area contributed by atoms with Crippen LogP contribution in [0.1, 0.15) is 27.2 Å². The Morgan fingerprint density at radius 1 is 1.38 bits per heavy atom. The summed E-state index contributed by atoms with van der Waals surface area (Å²) in [6.45, 7) is 0. The van der Waals surface area contributed by atoms with Crippen LogP contribution >= 0.6 is 11.3 Å². The Morgan fingerprint density at radius 2 is 2.15 bits per heavy atom. The van der Waals surface area contributed by atoms with Crippen molar-refractivity contribution < 1.29 is 18.0 Å². The number of benzene rings is 1. The number of carbonyl (C=O) groups excluding carboxylic acids is 1. The lowest BCUT2D eigenvalue weighted by Crippen LogP contribution is -2.20. The molecule has 2 aromatic heterocycles. The number of fused-ring (bicyclic) bond motifs is 3. The van der Waals surface area contributed by atoms with Crippen molar-refractivity contribution in [3.05, 3.63) is 46.8 Å². The molecular weight excluding hydrogens is 367 g/mol. The summed E-state index contributed by atoms with van der Waals surface area (Å²) in [5.74, 6) is -0.592. The van der Waals surface area contributed by atoms with E-state index in [0.29, 0.717) is 17.2 Å². The van der Waals surface area contributed by atoms with Crippen molar-refractivity contribution in [3.63, 3.8) is 0 Å². The summed E-state index contributed by atoms with van der Waals surface area (Å²) in [4.78, 5) is 16.7. The number of nitrogen functional groups attached to an aromatic ring is 1. The molecule has 26 heavy (non-hydrogen) atoms. The van der Waals surface area contributed by atoms with Crippen molar-refractivity contribution >= 4 is 22.4 Å². The molecule has 1 aromatic carbocycles. The van der Waals surface area contributed by atoms with E-state index in [1.54, 1.807) is 0 Å². The fraction of sp³-hybridized carbons (Fsp3) is 0.188. The Balaban J connectivity index is 1.92. The first kappa shape index (κ1) is 16.6. The monoisotopic (exact) mass is 379 g/mol. The van der Waals surface area contributed by atoms with E-state index in [-0.39, 0.29) is 11.3 Å². The van der Waals surface area contributed by atoms with Crippen LogP contribution in [-0.4, -0.2) is 27.7 Å². The molecule has 6 nitrogen and oxygen atoms in total. The molecule has 1 aliphatic rings. The molecule has 1 amide bonds. The second kappa shape index (κ2) is 5.56. The molecule has 10 heteroatoms. The van der Waals surface area contributed by atoms with Crippen LogP contribution in [0.5, 0.6) is 0 Å². The maximum atomic E-state index is 13.6. The van der Waals surface area contributed by atoms with Gasteiger partial charge < -0.3 is 11.1 Å². The molecule has 0 aliphatic heterocycles. The fourth-order valence-corrected chi connectivity index (χ4v) is 3.94. The number of anilines is 1. The number of nitrogens with two attached hydrogens (primary N) is 1. The molecule has 0 saturated carbocycles. The van der Waals surface area contributed by atoms with Gasteiger partial charge in [-0.1, -0.05) is 11.3 Å². The van der Waals surface area contributed by atoms with Gasteiger partial charge in [0.05, 0.1) is 33.7 Å². The topological polar surface area (TPSA) is 85.8 Å². The van der Waals surface area contributed by atoms with Gasteiger partial charge in [0, 0.05) is 24.6 Å². The van der Waals surface area contributed by atoms with E-state index in [4.69, 9.17) is 5.73 Å². The maximum Gasteiger partial charge on any atom is 0.418 e. The largest absolute Gasteiger partial charge is 0.418 e.